The minimum atomic E-state index is -3.70. The van der Waals surface area contributed by atoms with E-state index in [1.807, 2.05) is 0 Å². The van der Waals surface area contributed by atoms with Gasteiger partial charge in [-0.05, 0) is 49.4 Å². The first-order valence-corrected chi connectivity index (χ1v) is 11.5. The summed E-state index contributed by atoms with van der Waals surface area (Å²) in [7, 11) is -2.13. The molecule has 8 nitrogen and oxygen atoms in total. The molecule has 1 unspecified atom stereocenters. The van der Waals surface area contributed by atoms with Crippen molar-refractivity contribution in [1.82, 2.24) is 9.62 Å². The number of methoxy groups -OCH3 is 1. The molecule has 1 N–H and O–H groups in total. The van der Waals surface area contributed by atoms with Crippen molar-refractivity contribution in [1.29, 1.82) is 0 Å². The second-order valence-electron chi connectivity index (χ2n) is 7.55. The molecule has 2 aliphatic rings. The topological polar surface area (TPSA) is 96.0 Å². The molecule has 3 rings (SSSR count). The maximum atomic E-state index is 13.2. The van der Waals surface area contributed by atoms with Crippen molar-refractivity contribution in [2.75, 3.05) is 44.8 Å². The van der Waals surface area contributed by atoms with Crippen LogP contribution in [0.15, 0.2) is 23.1 Å². The van der Waals surface area contributed by atoms with Gasteiger partial charge in [-0.3, -0.25) is 9.59 Å². The van der Waals surface area contributed by atoms with E-state index in [0.29, 0.717) is 39.1 Å². The number of carbonyl (C=O) groups excluding carboxylic acids is 2. The van der Waals surface area contributed by atoms with E-state index in [4.69, 9.17) is 4.74 Å². The molecule has 0 aromatic heterocycles. The molecule has 0 saturated carbocycles. The van der Waals surface area contributed by atoms with Crippen molar-refractivity contribution >= 4 is 27.5 Å². The van der Waals surface area contributed by atoms with Crippen molar-refractivity contribution in [3.05, 3.63) is 23.8 Å². The van der Waals surface area contributed by atoms with Gasteiger partial charge in [0.1, 0.15) is 0 Å². The molecule has 9 heteroatoms. The molecule has 1 aromatic carbocycles. The number of sulfonamides is 1. The third kappa shape index (κ3) is 4.79. The lowest BCUT2D eigenvalue weighted by Crippen LogP contribution is -2.45. The number of rotatable bonds is 6. The van der Waals surface area contributed by atoms with Gasteiger partial charge in [0.2, 0.25) is 21.8 Å². The number of anilines is 1. The fraction of sp³-hybridized carbons (Fsp3) is 0.600. The summed E-state index contributed by atoms with van der Waals surface area (Å²) in [6.45, 7) is 3.59. The summed E-state index contributed by atoms with van der Waals surface area (Å²) >= 11 is 0. The number of ether oxygens (including phenoxy) is 1. The van der Waals surface area contributed by atoms with E-state index in [2.05, 4.69) is 5.32 Å². The quantitative estimate of drug-likeness (QED) is 0.693. The van der Waals surface area contributed by atoms with E-state index in [1.165, 1.54) is 11.2 Å². The van der Waals surface area contributed by atoms with Gasteiger partial charge in [-0.1, -0.05) is 0 Å². The van der Waals surface area contributed by atoms with Crippen LogP contribution in [0.5, 0.6) is 0 Å². The molecular formula is C20H29N3O5S. The normalized spacial score (nSPS) is 20.2. The Labute approximate surface area is 172 Å². The van der Waals surface area contributed by atoms with Gasteiger partial charge in [0.25, 0.3) is 0 Å². The first kappa shape index (κ1) is 21.7. The van der Waals surface area contributed by atoms with Gasteiger partial charge in [0.15, 0.2) is 0 Å². The molecule has 1 fully saturated rings. The number of hydrogen-bond acceptors (Lipinski definition) is 5. The van der Waals surface area contributed by atoms with Crippen molar-refractivity contribution in [2.24, 2.45) is 5.92 Å². The van der Waals surface area contributed by atoms with Crippen LogP contribution < -0.4 is 10.2 Å². The highest BCUT2D eigenvalue weighted by atomic mass is 32.2. The first-order valence-electron chi connectivity index (χ1n) is 10.0. The summed E-state index contributed by atoms with van der Waals surface area (Å²) in [5.41, 5.74) is 1.66. The van der Waals surface area contributed by atoms with Crippen molar-refractivity contribution in [3.8, 4) is 0 Å². The average Bonchev–Trinajstić information content (AvgIpc) is 2.73. The summed E-state index contributed by atoms with van der Waals surface area (Å²) in [5, 5.41) is 2.80. The first-order chi connectivity index (χ1) is 13.8. The third-order valence-corrected chi connectivity index (χ3v) is 7.41. The lowest BCUT2D eigenvalue weighted by Gasteiger charge is -2.32. The standard InChI is InChI=1S/C20H29N3O5S/c1-15(24)23-11-4-5-16-13-18(7-8-19(16)23)29(26,27)22-10-3-6-17(14-22)20(25)21-9-12-28-2/h7-8,13,17H,3-6,9-12,14H2,1-2H3,(H,21,25). The number of fused-ring (bicyclic) bond motifs is 1. The minimum absolute atomic E-state index is 0.0417. The van der Waals surface area contributed by atoms with E-state index in [1.54, 1.807) is 30.2 Å². The SMILES string of the molecule is COCCNC(=O)C1CCCN(S(=O)(=O)c2ccc3c(c2)CCCN3C(C)=O)C1. The average molecular weight is 424 g/mol. The largest absolute Gasteiger partial charge is 0.383 e. The van der Waals surface area contributed by atoms with Gasteiger partial charge in [-0.25, -0.2) is 8.42 Å². The van der Waals surface area contributed by atoms with Gasteiger partial charge in [0.05, 0.1) is 17.4 Å². The summed E-state index contributed by atoms with van der Waals surface area (Å²) in [5.74, 6) is -0.536. The molecule has 1 saturated heterocycles. The molecule has 2 aliphatic heterocycles. The van der Waals surface area contributed by atoms with Crippen molar-refractivity contribution in [3.63, 3.8) is 0 Å². The summed E-state index contributed by atoms with van der Waals surface area (Å²) < 4.78 is 32.8. The Bertz CT molecular complexity index is 871. The molecule has 0 spiro atoms. The molecule has 160 valence electrons. The van der Waals surface area contributed by atoms with Crippen LogP contribution >= 0.6 is 0 Å². The maximum absolute atomic E-state index is 13.2. The maximum Gasteiger partial charge on any atom is 0.243 e. The fourth-order valence-corrected chi connectivity index (χ4v) is 5.58. The summed E-state index contributed by atoms with van der Waals surface area (Å²) in [4.78, 5) is 26.1. The predicted molar refractivity (Wildman–Crippen MR) is 109 cm³/mol. The van der Waals surface area contributed by atoms with Gasteiger partial charge < -0.3 is 15.0 Å². The zero-order chi connectivity index (χ0) is 21.0. The van der Waals surface area contributed by atoms with Crippen LogP contribution in [0.1, 0.15) is 31.7 Å². The van der Waals surface area contributed by atoms with Crippen LogP contribution in [0.3, 0.4) is 0 Å². The van der Waals surface area contributed by atoms with Crippen molar-refractivity contribution < 1.29 is 22.7 Å². The highest BCUT2D eigenvalue weighted by Gasteiger charge is 2.34. The molecule has 1 atom stereocenters. The van der Waals surface area contributed by atoms with Crippen LogP contribution in [-0.4, -0.2) is 64.4 Å². The molecule has 2 amide bonds. The Hall–Kier alpha value is -1.97. The van der Waals surface area contributed by atoms with E-state index in [-0.39, 0.29) is 29.2 Å². The summed E-state index contributed by atoms with van der Waals surface area (Å²) in [6, 6.07) is 4.97. The van der Waals surface area contributed by atoms with Crippen LogP contribution in [0.2, 0.25) is 0 Å². The number of carbonyl (C=O) groups is 2. The number of aryl methyl sites for hydroxylation is 1. The predicted octanol–water partition coefficient (Wildman–Crippen LogP) is 1.15. The number of amides is 2. The van der Waals surface area contributed by atoms with Crippen LogP contribution in [0.4, 0.5) is 5.69 Å². The highest BCUT2D eigenvalue weighted by Crippen LogP contribution is 2.31. The van der Waals surface area contributed by atoms with Crippen LogP contribution in [-0.2, 0) is 30.8 Å². The van der Waals surface area contributed by atoms with Gasteiger partial charge in [-0.2, -0.15) is 4.31 Å². The molecule has 0 radical (unpaired) electrons. The van der Waals surface area contributed by atoms with E-state index in [9.17, 15) is 18.0 Å². The van der Waals surface area contributed by atoms with Gasteiger partial charge in [-0.15, -0.1) is 0 Å². The van der Waals surface area contributed by atoms with E-state index in [0.717, 1.165) is 24.1 Å². The third-order valence-electron chi connectivity index (χ3n) is 5.55. The van der Waals surface area contributed by atoms with Crippen LogP contribution in [0, 0.1) is 5.92 Å². The zero-order valence-electron chi connectivity index (χ0n) is 17.0. The smallest absolute Gasteiger partial charge is 0.243 e. The molecule has 0 aliphatic carbocycles. The molecular weight excluding hydrogens is 394 g/mol. The molecule has 1 aromatic rings. The summed E-state index contributed by atoms with van der Waals surface area (Å²) in [6.07, 6.45) is 2.86. The monoisotopic (exact) mass is 423 g/mol. The Morgan fingerprint density at radius 3 is 2.76 bits per heavy atom. The number of nitrogens with one attached hydrogen (secondary N) is 1. The second-order valence-corrected chi connectivity index (χ2v) is 9.49. The van der Waals surface area contributed by atoms with Gasteiger partial charge in [0, 0.05) is 45.9 Å². The number of benzene rings is 1. The Kier molecular flexibility index (Phi) is 6.92. The Morgan fingerprint density at radius 2 is 2.03 bits per heavy atom. The minimum Gasteiger partial charge on any atom is -0.383 e. The van der Waals surface area contributed by atoms with Crippen LogP contribution in [0.25, 0.3) is 0 Å². The number of nitrogens with zero attached hydrogens (tertiary/aromatic N) is 2. The van der Waals surface area contributed by atoms with E-state index >= 15 is 0 Å². The fourth-order valence-electron chi connectivity index (χ4n) is 4.01. The Balaban J connectivity index is 1.76. The molecule has 2 heterocycles. The van der Waals surface area contributed by atoms with E-state index < -0.39 is 10.0 Å². The second kappa shape index (κ2) is 9.23. The zero-order valence-corrected chi connectivity index (χ0v) is 17.8. The van der Waals surface area contributed by atoms with Crippen molar-refractivity contribution in [2.45, 2.75) is 37.5 Å². The number of piperidine rings is 1. The van der Waals surface area contributed by atoms with Gasteiger partial charge >= 0.3 is 0 Å². The lowest BCUT2D eigenvalue weighted by molar-refractivity contribution is -0.126. The highest BCUT2D eigenvalue weighted by molar-refractivity contribution is 7.89. The Morgan fingerprint density at radius 1 is 1.24 bits per heavy atom. The number of hydrogen-bond donors (Lipinski definition) is 1. The molecule has 0 bridgehead atoms. The lowest BCUT2D eigenvalue weighted by atomic mass is 9.99. The molecule has 29 heavy (non-hydrogen) atoms.